The molecule has 0 spiro atoms. The standard InChI is InChI=1S/C14H16O3/c15-13(16)8-7-9-3-1-5-11-10-4-2-6-12(10)17-14(9)11/h1,3,5,10,12H,2,4,6-8H2,(H,15,16). The summed E-state index contributed by atoms with van der Waals surface area (Å²) in [7, 11) is 0. The number of carboxylic acids is 1. The van der Waals surface area contributed by atoms with Crippen molar-refractivity contribution in [2.75, 3.05) is 0 Å². The van der Waals surface area contributed by atoms with E-state index in [1.165, 1.54) is 18.4 Å². The molecule has 0 bridgehead atoms. The summed E-state index contributed by atoms with van der Waals surface area (Å²) in [6.07, 6.45) is 4.68. The van der Waals surface area contributed by atoms with Gasteiger partial charge in [0.2, 0.25) is 0 Å². The Bertz CT molecular complexity index is 453. The van der Waals surface area contributed by atoms with Crippen LogP contribution in [0.1, 0.15) is 42.7 Å². The summed E-state index contributed by atoms with van der Waals surface area (Å²) >= 11 is 0. The minimum atomic E-state index is -0.749. The summed E-state index contributed by atoms with van der Waals surface area (Å²) in [4.78, 5) is 10.6. The fourth-order valence-corrected chi connectivity index (χ4v) is 3.05. The van der Waals surface area contributed by atoms with Crippen molar-refractivity contribution < 1.29 is 14.6 Å². The molecular formula is C14H16O3. The number of hydrogen-bond acceptors (Lipinski definition) is 2. The normalized spacial score (nSPS) is 25.2. The Labute approximate surface area is 100 Å². The monoisotopic (exact) mass is 232 g/mol. The molecule has 1 fully saturated rings. The molecule has 1 N–H and O–H groups in total. The molecule has 2 unspecified atom stereocenters. The van der Waals surface area contributed by atoms with Gasteiger partial charge in [-0.15, -0.1) is 0 Å². The van der Waals surface area contributed by atoms with Crippen LogP contribution in [-0.4, -0.2) is 17.2 Å². The first kappa shape index (κ1) is 10.6. The SMILES string of the molecule is O=C(O)CCc1cccc2c1OC1CCCC21. The van der Waals surface area contributed by atoms with Crippen molar-refractivity contribution in [1.29, 1.82) is 0 Å². The van der Waals surface area contributed by atoms with Gasteiger partial charge in [-0.05, 0) is 31.2 Å². The molecule has 1 heterocycles. The molecule has 1 aliphatic carbocycles. The highest BCUT2D eigenvalue weighted by Crippen LogP contribution is 2.48. The molecule has 3 heteroatoms. The Morgan fingerprint density at radius 2 is 2.29 bits per heavy atom. The van der Waals surface area contributed by atoms with Crippen molar-refractivity contribution >= 4 is 5.97 Å². The van der Waals surface area contributed by atoms with Crippen molar-refractivity contribution in [3.8, 4) is 5.75 Å². The summed E-state index contributed by atoms with van der Waals surface area (Å²) < 4.78 is 6.00. The molecule has 0 amide bonds. The van der Waals surface area contributed by atoms with Gasteiger partial charge in [-0.2, -0.15) is 0 Å². The average Bonchev–Trinajstić information content (AvgIpc) is 2.86. The van der Waals surface area contributed by atoms with Gasteiger partial charge in [-0.1, -0.05) is 18.2 Å². The van der Waals surface area contributed by atoms with Gasteiger partial charge in [0.1, 0.15) is 11.9 Å². The highest BCUT2D eigenvalue weighted by Gasteiger charge is 2.38. The quantitative estimate of drug-likeness (QED) is 0.871. The first-order valence-electron chi connectivity index (χ1n) is 6.26. The second-order valence-electron chi connectivity index (χ2n) is 4.92. The lowest BCUT2D eigenvalue weighted by Crippen LogP contribution is -2.11. The molecule has 2 atom stereocenters. The van der Waals surface area contributed by atoms with Gasteiger partial charge in [-0.25, -0.2) is 0 Å². The van der Waals surface area contributed by atoms with E-state index in [-0.39, 0.29) is 6.42 Å². The summed E-state index contributed by atoms with van der Waals surface area (Å²) in [6.45, 7) is 0. The zero-order valence-corrected chi connectivity index (χ0v) is 9.69. The third-order valence-electron chi connectivity index (χ3n) is 3.86. The lowest BCUT2D eigenvalue weighted by Gasteiger charge is -2.09. The van der Waals surface area contributed by atoms with Gasteiger partial charge < -0.3 is 9.84 Å². The Morgan fingerprint density at radius 3 is 3.12 bits per heavy atom. The van der Waals surface area contributed by atoms with Gasteiger partial charge in [0.05, 0.1) is 0 Å². The number of benzene rings is 1. The molecular weight excluding hydrogens is 216 g/mol. The van der Waals surface area contributed by atoms with Gasteiger partial charge in [0.25, 0.3) is 0 Å². The predicted octanol–water partition coefficient (Wildman–Crippen LogP) is 2.73. The molecule has 3 nitrogen and oxygen atoms in total. The molecule has 1 aromatic carbocycles. The number of ether oxygens (including phenoxy) is 1. The van der Waals surface area contributed by atoms with E-state index in [1.54, 1.807) is 0 Å². The smallest absolute Gasteiger partial charge is 0.303 e. The van der Waals surface area contributed by atoms with E-state index in [2.05, 4.69) is 6.07 Å². The van der Waals surface area contributed by atoms with Gasteiger partial charge >= 0.3 is 5.97 Å². The van der Waals surface area contributed by atoms with Crippen molar-refractivity contribution in [1.82, 2.24) is 0 Å². The third-order valence-corrected chi connectivity index (χ3v) is 3.86. The zero-order valence-electron chi connectivity index (χ0n) is 9.69. The minimum absolute atomic E-state index is 0.176. The van der Waals surface area contributed by atoms with Crippen LogP contribution >= 0.6 is 0 Å². The Morgan fingerprint density at radius 1 is 1.41 bits per heavy atom. The Balaban J connectivity index is 1.88. The molecule has 0 radical (unpaired) electrons. The largest absolute Gasteiger partial charge is 0.489 e. The van der Waals surface area contributed by atoms with Crippen molar-refractivity contribution in [3.05, 3.63) is 29.3 Å². The van der Waals surface area contributed by atoms with E-state index >= 15 is 0 Å². The predicted molar refractivity (Wildman–Crippen MR) is 63.4 cm³/mol. The zero-order chi connectivity index (χ0) is 11.8. The number of aryl methyl sites for hydroxylation is 1. The fraction of sp³-hybridized carbons (Fsp3) is 0.500. The Kier molecular flexibility index (Phi) is 2.54. The van der Waals surface area contributed by atoms with Crippen molar-refractivity contribution in [2.45, 2.75) is 44.1 Å². The van der Waals surface area contributed by atoms with Gasteiger partial charge in [-0.3, -0.25) is 4.79 Å². The third kappa shape index (κ3) is 1.79. The van der Waals surface area contributed by atoms with E-state index < -0.39 is 5.97 Å². The van der Waals surface area contributed by atoms with Crippen LogP contribution in [0.3, 0.4) is 0 Å². The molecule has 1 aliphatic heterocycles. The summed E-state index contributed by atoms with van der Waals surface area (Å²) in [5.74, 6) is 0.777. The minimum Gasteiger partial charge on any atom is -0.489 e. The number of para-hydroxylation sites is 1. The first-order valence-corrected chi connectivity index (χ1v) is 6.26. The van der Waals surface area contributed by atoms with Crippen LogP contribution in [0.25, 0.3) is 0 Å². The van der Waals surface area contributed by atoms with E-state index in [0.29, 0.717) is 18.4 Å². The first-order chi connectivity index (χ1) is 8.25. The topological polar surface area (TPSA) is 46.5 Å². The van der Waals surface area contributed by atoms with E-state index in [9.17, 15) is 4.79 Å². The van der Waals surface area contributed by atoms with Crippen LogP contribution in [0, 0.1) is 0 Å². The highest BCUT2D eigenvalue weighted by molar-refractivity contribution is 5.67. The second kappa shape index (κ2) is 4.06. The van der Waals surface area contributed by atoms with E-state index in [4.69, 9.17) is 9.84 Å². The van der Waals surface area contributed by atoms with Crippen molar-refractivity contribution in [2.24, 2.45) is 0 Å². The molecule has 0 aromatic heterocycles. The lowest BCUT2D eigenvalue weighted by molar-refractivity contribution is -0.136. The number of hydrogen-bond donors (Lipinski definition) is 1. The van der Waals surface area contributed by atoms with Crippen LogP contribution in [0.4, 0.5) is 0 Å². The van der Waals surface area contributed by atoms with E-state index in [1.807, 2.05) is 12.1 Å². The fourth-order valence-electron chi connectivity index (χ4n) is 3.05. The summed E-state index contributed by atoms with van der Waals surface area (Å²) in [5.41, 5.74) is 2.36. The van der Waals surface area contributed by atoms with Crippen LogP contribution < -0.4 is 4.74 Å². The molecule has 90 valence electrons. The lowest BCUT2D eigenvalue weighted by atomic mass is 9.95. The van der Waals surface area contributed by atoms with Crippen LogP contribution in [-0.2, 0) is 11.2 Å². The molecule has 3 rings (SSSR count). The maximum atomic E-state index is 10.6. The van der Waals surface area contributed by atoms with Gasteiger partial charge in [0.15, 0.2) is 0 Å². The highest BCUT2D eigenvalue weighted by atomic mass is 16.5. The second-order valence-corrected chi connectivity index (χ2v) is 4.92. The number of carboxylic acid groups (broad SMARTS) is 1. The van der Waals surface area contributed by atoms with Crippen molar-refractivity contribution in [3.63, 3.8) is 0 Å². The molecule has 0 saturated heterocycles. The summed E-state index contributed by atoms with van der Waals surface area (Å²) in [5, 5.41) is 8.74. The molecule has 1 saturated carbocycles. The number of aliphatic carboxylic acids is 1. The maximum absolute atomic E-state index is 10.6. The number of carbonyl (C=O) groups is 1. The number of fused-ring (bicyclic) bond motifs is 3. The number of rotatable bonds is 3. The molecule has 1 aromatic rings. The summed E-state index contributed by atoms with van der Waals surface area (Å²) in [6, 6.07) is 6.15. The average molecular weight is 232 g/mol. The van der Waals surface area contributed by atoms with Crippen LogP contribution in [0.15, 0.2) is 18.2 Å². The Hall–Kier alpha value is -1.51. The maximum Gasteiger partial charge on any atom is 0.303 e. The van der Waals surface area contributed by atoms with Gasteiger partial charge in [0, 0.05) is 17.9 Å². The van der Waals surface area contributed by atoms with Crippen LogP contribution in [0.5, 0.6) is 5.75 Å². The van der Waals surface area contributed by atoms with E-state index in [0.717, 1.165) is 17.7 Å². The molecule has 17 heavy (non-hydrogen) atoms. The van der Waals surface area contributed by atoms with Crippen LogP contribution in [0.2, 0.25) is 0 Å². The molecule has 2 aliphatic rings.